The van der Waals surface area contributed by atoms with Gasteiger partial charge in [-0.1, -0.05) is 5.10 Å². The van der Waals surface area contributed by atoms with Crippen LogP contribution in [-0.2, 0) is 0 Å². The molecule has 0 saturated carbocycles. The zero-order chi connectivity index (χ0) is 11.7. The maximum atomic E-state index is 12.8. The van der Waals surface area contributed by atoms with E-state index < -0.39 is 16.4 Å². The first-order valence-electron chi connectivity index (χ1n) is 4.11. The van der Waals surface area contributed by atoms with Crippen LogP contribution in [0.15, 0.2) is 22.6 Å². The molecule has 0 aliphatic carbocycles. The maximum absolute atomic E-state index is 12.8. The fraction of sp³-hybridized carbons (Fsp3) is 0. The number of benzene rings is 1. The van der Waals surface area contributed by atoms with Crippen LogP contribution in [0.1, 0.15) is 0 Å². The monoisotopic (exact) mass is 224 g/mol. The summed E-state index contributed by atoms with van der Waals surface area (Å²) < 4.78 is 17.7. The number of anilines is 1. The highest BCUT2D eigenvalue weighted by Crippen LogP contribution is 2.29. The number of halogens is 1. The molecule has 2 aromatic rings. The lowest BCUT2D eigenvalue weighted by atomic mass is 10.2. The molecule has 0 spiro atoms. The summed E-state index contributed by atoms with van der Waals surface area (Å²) in [6.45, 7) is 0. The number of nitrogens with two attached hydrogens (primary N) is 1. The van der Waals surface area contributed by atoms with Gasteiger partial charge in [0.1, 0.15) is 11.4 Å². The van der Waals surface area contributed by atoms with E-state index in [1.165, 1.54) is 6.07 Å². The van der Waals surface area contributed by atoms with Gasteiger partial charge in [0.25, 0.3) is 11.6 Å². The summed E-state index contributed by atoms with van der Waals surface area (Å²) in [5.74, 6) is -0.841. The molecule has 1 aromatic carbocycles. The maximum Gasteiger partial charge on any atom is 0.313 e. The molecule has 0 fully saturated rings. The molecule has 7 nitrogen and oxygen atoms in total. The predicted molar refractivity (Wildman–Crippen MR) is 50.8 cm³/mol. The molecular formula is C8H5FN4O3. The lowest BCUT2D eigenvalue weighted by Gasteiger charge is -1.97. The highest BCUT2D eigenvalue weighted by molar-refractivity contribution is 5.66. The first-order chi connectivity index (χ1) is 7.58. The molecule has 0 amide bonds. The fourth-order valence-corrected chi connectivity index (χ4v) is 1.18. The van der Waals surface area contributed by atoms with E-state index >= 15 is 0 Å². The van der Waals surface area contributed by atoms with Gasteiger partial charge in [-0.25, -0.2) is 4.39 Å². The molecule has 0 saturated heterocycles. The van der Waals surface area contributed by atoms with E-state index in [9.17, 15) is 14.5 Å². The standard InChI is InChI=1S/C8H5FN4O3/c9-4-1-2-5(6(3-4)13(14)15)7-11-12-8(10)16-7/h1-3H,(H2,10,12). The summed E-state index contributed by atoms with van der Waals surface area (Å²) >= 11 is 0. The summed E-state index contributed by atoms with van der Waals surface area (Å²) in [5, 5.41) is 17.5. The SMILES string of the molecule is Nc1nnc(-c2ccc(F)cc2[N+](=O)[O-])o1. The minimum Gasteiger partial charge on any atom is -0.403 e. The minimum atomic E-state index is -0.737. The van der Waals surface area contributed by atoms with Crippen molar-refractivity contribution in [2.24, 2.45) is 0 Å². The third kappa shape index (κ3) is 1.67. The fourth-order valence-electron chi connectivity index (χ4n) is 1.18. The highest BCUT2D eigenvalue weighted by atomic mass is 19.1. The van der Waals surface area contributed by atoms with Crippen LogP contribution in [0.4, 0.5) is 16.1 Å². The lowest BCUT2D eigenvalue weighted by molar-refractivity contribution is -0.384. The second-order valence-corrected chi connectivity index (χ2v) is 2.86. The summed E-state index contributed by atoms with van der Waals surface area (Å²) in [4.78, 5) is 9.93. The van der Waals surface area contributed by atoms with E-state index in [-0.39, 0.29) is 17.5 Å². The molecule has 2 rings (SSSR count). The highest BCUT2D eigenvalue weighted by Gasteiger charge is 2.20. The van der Waals surface area contributed by atoms with Gasteiger partial charge in [-0.15, -0.1) is 5.10 Å². The Morgan fingerprint density at radius 1 is 1.44 bits per heavy atom. The first-order valence-corrected chi connectivity index (χ1v) is 4.11. The number of nitro benzene ring substituents is 1. The number of nitrogen functional groups attached to an aromatic ring is 1. The molecule has 1 heterocycles. The average molecular weight is 224 g/mol. The third-order valence-electron chi connectivity index (χ3n) is 1.83. The summed E-state index contributed by atoms with van der Waals surface area (Å²) in [6, 6.07) is 2.80. The zero-order valence-corrected chi connectivity index (χ0v) is 7.75. The van der Waals surface area contributed by atoms with Gasteiger partial charge in [0, 0.05) is 0 Å². The van der Waals surface area contributed by atoms with Crippen molar-refractivity contribution >= 4 is 11.7 Å². The topological polar surface area (TPSA) is 108 Å². The second kappa shape index (κ2) is 3.57. The van der Waals surface area contributed by atoms with Crippen molar-refractivity contribution in [1.29, 1.82) is 0 Å². The lowest BCUT2D eigenvalue weighted by Crippen LogP contribution is -1.93. The van der Waals surface area contributed by atoms with E-state index in [1.807, 2.05) is 0 Å². The quantitative estimate of drug-likeness (QED) is 0.609. The van der Waals surface area contributed by atoms with Gasteiger partial charge >= 0.3 is 6.01 Å². The summed E-state index contributed by atoms with van der Waals surface area (Å²) in [6.07, 6.45) is 0. The van der Waals surface area contributed by atoms with Gasteiger partial charge in [0.2, 0.25) is 0 Å². The summed E-state index contributed by atoms with van der Waals surface area (Å²) in [5.41, 5.74) is 4.76. The van der Waals surface area contributed by atoms with Crippen molar-refractivity contribution < 1.29 is 13.7 Å². The number of rotatable bonds is 2. The molecule has 0 atom stereocenters. The van der Waals surface area contributed by atoms with Crippen molar-refractivity contribution in [2.75, 3.05) is 5.73 Å². The number of aromatic nitrogens is 2. The Bertz CT molecular complexity index is 554. The van der Waals surface area contributed by atoms with E-state index in [0.717, 1.165) is 12.1 Å². The molecule has 1 aromatic heterocycles. The number of nitro groups is 1. The van der Waals surface area contributed by atoms with Crippen LogP contribution in [0, 0.1) is 15.9 Å². The Morgan fingerprint density at radius 3 is 2.75 bits per heavy atom. The van der Waals surface area contributed by atoms with E-state index in [0.29, 0.717) is 0 Å². The van der Waals surface area contributed by atoms with Crippen molar-refractivity contribution in [3.05, 3.63) is 34.1 Å². The molecular weight excluding hydrogens is 219 g/mol. The Hall–Kier alpha value is -2.51. The van der Waals surface area contributed by atoms with Gasteiger partial charge in [-0.3, -0.25) is 10.1 Å². The van der Waals surface area contributed by atoms with Crippen LogP contribution >= 0.6 is 0 Å². The van der Waals surface area contributed by atoms with Crippen molar-refractivity contribution in [3.8, 4) is 11.5 Å². The van der Waals surface area contributed by atoms with Crippen LogP contribution in [-0.4, -0.2) is 15.1 Å². The van der Waals surface area contributed by atoms with Crippen molar-refractivity contribution in [3.63, 3.8) is 0 Å². The Kier molecular flexibility index (Phi) is 2.24. The van der Waals surface area contributed by atoms with Crippen LogP contribution in [0.5, 0.6) is 0 Å². The van der Waals surface area contributed by atoms with Crippen LogP contribution in [0.25, 0.3) is 11.5 Å². The normalized spacial score (nSPS) is 10.3. The Balaban J connectivity index is 2.60. The second-order valence-electron chi connectivity index (χ2n) is 2.86. The van der Waals surface area contributed by atoms with Crippen LogP contribution < -0.4 is 5.73 Å². The molecule has 82 valence electrons. The first kappa shape index (κ1) is 10.0. The summed E-state index contributed by atoms with van der Waals surface area (Å²) in [7, 11) is 0. The van der Waals surface area contributed by atoms with E-state index in [4.69, 9.17) is 10.2 Å². The van der Waals surface area contributed by atoms with E-state index in [2.05, 4.69) is 10.2 Å². The number of nitrogens with zero attached hydrogens (tertiary/aromatic N) is 3. The zero-order valence-electron chi connectivity index (χ0n) is 7.75. The third-order valence-corrected chi connectivity index (χ3v) is 1.83. The average Bonchev–Trinajstić information content (AvgIpc) is 2.64. The molecule has 0 bridgehead atoms. The van der Waals surface area contributed by atoms with Crippen LogP contribution in [0.2, 0.25) is 0 Å². The van der Waals surface area contributed by atoms with Crippen molar-refractivity contribution in [1.82, 2.24) is 10.2 Å². The largest absolute Gasteiger partial charge is 0.403 e. The Morgan fingerprint density at radius 2 is 2.19 bits per heavy atom. The molecule has 16 heavy (non-hydrogen) atoms. The smallest absolute Gasteiger partial charge is 0.313 e. The van der Waals surface area contributed by atoms with Gasteiger partial charge in [0.15, 0.2) is 0 Å². The molecule has 8 heteroatoms. The Labute approximate surface area is 87.8 Å². The van der Waals surface area contributed by atoms with E-state index in [1.54, 1.807) is 0 Å². The number of hydrogen-bond donors (Lipinski definition) is 1. The van der Waals surface area contributed by atoms with Crippen LogP contribution in [0.3, 0.4) is 0 Å². The minimum absolute atomic E-state index is 0.0237. The molecule has 0 aliphatic rings. The molecule has 0 aliphatic heterocycles. The molecule has 2 N–H and O–H groups in total. The number of hydrogen-bond acceptors (Lipinski definition) is 6. The molecule has 0 unspecified atom stereocenters. The van der Waals surface area contributed by atoms with Gasteiger partial charge in [-0.05, 0) is 12.1 Å². The predicted octanol–water partition coefficient (Wildman–Crippen LogP) is 1.37. The molecule has 0 radical (unpaired) electrons. The van der Waals surface area contributed by atoms with Gasteiger partial charge in [0.05, 0.1) is 11.0 Å². The van der Waals surface area contributed by atoms with Gasteiger partial charge in [-0.2, -0.15) is 0 Å². The van der Waals surface area contributed by atoms with Gasteiger partial charge < -0.3 is 10.2 Å². The van der Waals surface area contributed by atoms with Crippen molar-refractivity contribution in [2.45, 2.75) is 0 Å².